The fraction of sp³-hybridized carbons (Fsp3) is 0.385. The molecule has 0 spiro atoms. The number of carbonyl (C=O) groups is 1. The van der Waals surface area contributed by atoms with E-state index in [1.54, 1.807) is 0 Å². The van der Waals surface area contributed by atoms with E-state index in [2.05, 4.69) is 0 Å². The molecule has 0 saturated carbocycles. The number of benzene rings is 1. The number of nitro groups is 1. The highest BCUT2D eigenvalue weighted by molar-refractivity contribution is 8.00. The van der Waals surface area contributed by atoms with Crippen molar-refractivity contribution in [3.63, 3.8) is 0 Å². The minimum absolute atomic E-state index is 0.0702. The van der Waals surface area contributed by atoms with Crippen LogP contribution in [0.25, 0.3) is 0 Å². The average Bonchev–Trinajstić information content (AvgIpc) is 2.58. The predicted molar refractivity (Wildman–Crippen MR) is 89.8 cm³/mol. The summed E-state index contributed by atoms with van der Waals surface area (Å²) in [5.41, 5.74) is 4.77. The molecule has 144 valence electrons. The highest BCUT2D eigenvalue weighted by Crippen LogP contribution is 2.54. The predicted octanol–water partition coefficient (Wildman–Crippen LogP) is 0.798. The fourth-order valence-corrected chi connectivity index (χ4v) is 4.00. The second-order valence-corrected chi connectivity index (χ2v) is 8.21. The Morgan fingerprint density at radius 1 is 1.42 bits per heavy atom. The molecular weight excluding hydrogens is 391 g/mol. The summed E-state index contributed by atoms with van der Waals surface area (Å²) in [4.78, 5) is 47.1. The van der Waals surface area contributed by atoms with Crippen molar-refractivity contribution in [2.45, 2.75) is 17.2 Å². The molecule has 0 radical (unpaired) electrons. The number of thioether (sulfide) groups is 1. The highest BCUT2D eigenvalue weighted by Gasteiger charge is 2.31. The summed E-state index contributed by atoms with van der Waals surface area (Å²) in [5, 5.41) is 29.7. The van der Waals surface area contributed by atoms with E-state index in [1.165, 1.54) is 12.1 Å². The van der Waals surface area contributed by atoms with Crippen LogP contribution in [0, 0.1) is 10.1 Å². The third-order valence-corrected chi connectivity index (χ3v) is 5.96. The van der Waals surface area contributed by atoms with Gasteiger partial charge in [-0.15, -0.1) is 11.8 Å². The van der Waals surface area contributed by atoms with E-state index in [1.807, 2.05) is 0 Å². The number of carboxylic acids is 1. The molecule has 0 heterocycles. The van der Waals surface area contributed by atoms with Crippen LogP contribution < -0.4 is 5.73 Å². The summed E-state index contributed by atoms with van der Waals surface area (Å²) in [6.45, 7) is 0.183. The molecule has 26 heavy (non-hydrogen) atoms. The zero-order valence-electron chi connectivity index (χ0n) is 13.3. The van der Waals surface area contributed by atoms with Crippen LogP contribution in [0.4, 0.5) is 5.69 Å². The van der Waals surface area contributed by atoms with Gasteiger partial charge in [0.05, 0.1) is 15.6 Å². The molecule has 0 amide bonds. The van der Waals surface area contributed by atoms with Crippen LogP contribution >= 0.6 is 19.1 Å². The second-order valence-electron chi connectivity index (χ2n) is 4.75. The summed E-state index contributed by atoms with van der Waals surface area (Å²) in [6, 6.07) is 3.51. The van der Waals surface area contributed by atoms with Gasteiger partial charge in [-0.2, -0.15) is 9.59 Å². The van der Waals surface area contributed by atoms with Crippen LogP contribution in [0.1, 0.15) is 17.8 Å². The number of carboxylic acid groups (broad SMARTS) is 1. The number of nitro benzene ring substituents is 1. The Morgan fingerprint density at radius 2 is 2.00 bits per heavy atom. The Morgan fingerprint density at radius 3 is 2.46 bits per heavy atom. The minimum Gasteiger partial charge on any atom is -0.481 e. The lowest BCUT2D eigenvalue weighted by molar-refractivity contribution is -0.387. The van der Waals surface area contributed by atoms with Gasteiger partial charge in [0.2, 0.25) is 7.37 Å². The van der Waals surface area contributed by atoms with Crippen molar-refractivity contribution in [3.05, 3.63) is 33.9 Å². The molecule has 5 N–H and O–H groups in total. The maximum atomic E-state index is 12.1. The molecule has 0 saturated heterocycles. The molecule has 1 rings (SSSR count). The van der Waals surface area contributed by atoms with Gasteiger partial charge in [-0.3, -0.25) is 19.5 Å². The Balaban J connectivity index is 0.00000194. The number of nitrogens with zero attached hydrogens (tertiary/aromatic N) is 1. The van der Waals surface area contributed by atoms with E-state index in [9.17, 15) is 29.5 Å². The van der Waals surface area contributed by atoms with Crippen molar-refractivity contribution in [1.82, 2.24) is 0 Å². The number of rotatable bonds is 9. The smallest absolute Gasteiger partial charge is 0.373 e. The molecule has 0 bridgehead atoms. The molecule has 0 fully saturated rings. The number of nitrogens with two attached hydrogens (primary N) is 1. The van der Waals surface area contributed by atoms with Gasteiger partial charge in [-0.05, 0) is 24.6 Å². The summed E-state index contributed by atoms with van der Waals surface area (Å²) in [6.07, 6.45) is 0.285. The van der Waals surface area contributed by atoms with E-state index in [4.69, 9.17) is 20.4 Å². The van der Waals surface area contributed by atoms with Crippen molar-refractivity contribution in [3.8, 4) is 0 Å². The lowest BCUT2D eigenvalue weighted by Gasteiger charge is -2.18. The summed E-state index contributed by atoms with van der Waals surface area (Å²) in [5.74, 6) is -3.25. The van der Waals surface area contributed by atoms with Gasteiger partial charge in [0.1, 0.15) is 0 Å². The SMILES string of the molecule is NCCCP(=O)(O)C(O)c1ccc(SCC(=O)O)c([N+](=O)[O-])c1.O=C=O. The second kappa shape index (κ2) is 11.5. The molecule has 0 aromatic heterocycles. The molecule has 13 heteroatoms. The van der Waals surface area contributed by atoms with Crippen molar-refractivity contribution in [2.75, 3.05) is 18.5 Å². The van der Waals surface area contributed by atoms with Gasteiger partial charge in [0, 0.05) is 12.2 Å². The maximum absolute atomic E-state index is 12.1. The number of carbonyl (C=O) groups excluding carboxylic acids is 2. The molecular formula is C13H17N2O9PS. The molecule has 0 aliphatic heterocycles. The van der Waals surface area contributed by atoms with Crippen LogP contribution in [0.3, 0.4) is 0 Å². The molecule has 0 aliphatic rings. The van der Waals surface area contributed by atoms with Crippen molar-refractivity contribution in [2.24, 2.45) is 5.73 Å². The number of aliphatic hydroxyl groups excluding tert-OH is 1. The molecule has 1 aromatic carbocycles. The largest absolute Gasteiger partial charge is 0.481 e. The van der Waals surface area contributed by atoms with Crippen LogP contribution in [0.5, 0.6) is 0 Å². The van der Waals surface area contributed by atoms with Gasteiger partial charge in [-0.25, -0.2) is 0 Å². The third-order valence-electron chi connectivity index (χ3n) is 2.89. The normalized spacial score (nSPS) is 13.5. The quantitative estimate of drug-likeness (QED) is 0.195. The molecule has 1 aromatic rings. The van der Waals surface area contributed by atoms with E-state index in [0.29, 0.717) is 0 Å². The first kappa shape index (κ1) is 23.9. The van der Waals surface area contributed by atoms with Gasteiger partial charge in [-0.1, -0.05) is 6.07 Å². The third kappa shape index (κ3) is 7.87. The van der Waals surface area contributed by atoms with Crippen LogP contribution in [-0.4, -0.2) is 50.6 Å². The summed E-state index contributed by atoms with van der Waals surface area (Å²) < 4.78 is 12.1. The summed E-state index contributed by atoms with van der Waals surface area (Å²) in [7, 11) is -3.97. The zero-order chi connectivity index (χ0) is 20.3. The minimum atomic E-state index is -3.97. The van der Waals surface area contributed by atoms with E-state index < -0.39 is 29.8 Å². The maximum Gasteiger partial charge on any atom is 0.373 e. The number of aliphatic hydroxyl groups is 1. The van der Waals surface area contributed by atoms with Crippen molar-refractivity contribution < 1.29 is 39.0 Å². The van der Waals surface area contributed by atoms with E-state index >= 15 is 0 Å². The first-order valence-corrected chi connectivity index (χ1v) is 9.82. The highest BCUT2D eigenvalue weighted by atomic mass is 32.2. The van der Waals surface area contributed by atoms with Gasteiger partial charge in [0.15, 0.2) is 5.85 Å². The number of aliphatic carboxylic acids is 1. The van der Waals surface area contributed by atoms with Gasteiger partial charge < -0.3 is 20.8 Å². The number of hydrogen-bond acceptors (Lipinski definition) is 9. The topological polar surface area (TPSA) is 198 Å². The lowest BCUT2D eigenvalue weighted by atomic mass is 10.2. The first-order valence-electron chi connectivity index (χ1n) is 6.92. The molecule has 2 unspecified atom stereocenters. The molecule has 0 aliphatic carbocycles. The average molecular weight is 408 g/mol. The van der Waals surface area contributed by atoms with E-state index in [-0.39, 0.29) is 41.5 Å². The van der Waals surface area contributed by atoms with Crippen molar-refractivity contribution >= 4 is 36.9 Å². The van der Waals surface area contributed by atoms with Crippen molar-refractivity contribution in [1.29, 1.82) is 0 Å². The lowest BCUT2D eigenvalue weighted by Crippen LogP contribution is -2.07. The van der Waals surface area contributed by atoms with Gasteiger partial charge in [0.25, 0.3) is 5.69 Å². The standard InChI is InChI=1S/C12H17N2O7PS.CO2/c13-4-1-5-22(20,21)12(17)8-2-3-10(23-7-11(15)16)9(6-8)14(18)19;2-1-3/h2-3,6,12,17H,1,4-5,7,13H2,(H,15,16)(H,20,21);. The van der Waals surface area contributed by atoms with Crippen LogP contribution in [-0.2, 0) is 18.9 Å². The van der Waals surface area contributed by atoms with Crippen LogP contribution in [0.2, 0.25) is 0 Å². The molecule has 2 atom stereocenters. The Bertz CT molecular complexity index is 722. The van der Waals surface area contributed by atoms with E-state index in [0.717, 1.165) is 17.8 Å². The van der Waals surface area contributed by atoms with Crippen LogP contribution in [0.15, 0.2) is 23.1 Å². The number of hydrogen-bond donors (Lipinski definition) is 4. The fourth-order valence-electron chi connectivity index (χ4n) is 1.77. The van der Waals surface area contributed by atoms with Gasteiger partial charge >= 0.3 is 12.1 Å². The Labute approximate surface area is 151 Å². The Kier molecular flexibility index (Phi) is 10.6. The first-order chi connectivity index (χ1) is 12.1. The molecule has 11 nitrogen and oxygen atoms in total. The summed E-state index contributed by atoms with van der Waals surface area (Å²) >= 11 is 0.754. The zero-order valence-corrected chi connectivity index (χ0v) is 15.0. The monoisotopic (exact) mass is 408 g/mol. The Hall–Kier alpha value is -2.07.